The molecule has 1 aromatic heterocycles. The second-order valence-electron chi connectivity index (χ2n) is 3.74. The molecule has 1 N–H and O–H groups in total. The predicted octanol–water partition coefficient (Wildman–Crippen LogP) is 1.41. The number of furan rings is 1. The van der Waals surface area contributed by atoms with Crippen LogP contribution in [0.3, 0.4) is 0 Å². The third kappa shape index (κ3) is 2.96. The molecule has 78 valence electrons. The molecule has 0 amide bonds. The highest BCUT2D eigenvalue weighted by Gasteiger charge is 2.20. The lowest BCUT2D eigenvalue weighted by atomic mass is 10.4. The van der Waals surface area contributed by atoms with E-state index in [0.29, 0.717) is 11.8 Å². The van der Waals surface area contributed by atoms with Crippen LogP contribution in [0.4, 0.5) is 0 Å². The molecule has 1 aliphatic rings. The van der Waals surface area contributed by atoms with Crippen molar-refractivity contribution in [2.24, 2.45) is 0 Å². The lowest BCUT2D eigenvalue weighted by molar-refractivity contribution is 0.457. The predicted molar refractivity (Wildman–Crippen MR) is 56.3 cm³/mol. The Hall–Kier alpha value is -0.610. The fraction of sp³-hybridized carbons (Fsp3) is 0.600. The van der Waals surface area contributed by atoms with E-state index in [9.17, 15) is 4.21 Å². The first-order valence-corrected chi connectivity index (χ1v) is 6.58. The van der Waals surface area contributed by atoms with E-state index in [1.165, 1.54) is 12.8 Å². The summed E-state index contributed by atoms with van der Waals surface area (Å²) in [5.41, 5.74) is 0. The van der Waals surface area contributed by atoms with E-state index in [1.54, 1.807) is 6.26 Å². The fourth-order valence-corrected chi connectivity index (χ4v) is 1.88. The Morgan fingerprint density at radius 1 is 1.50 bits per heavy atom. The average molecular weight is 213 g/mol. The molecule has 1 unspecified atom stereocenters. The van der Waals surface area contributed by atoms with Gasteiger partial charge >= 0.3 is 0 Å². The molecule has 4 heteroatoms. The fourth-order valence-electron chi connectivity index (χ4n) is 1.33. The Labute approximate surface area is 86.3 Å². The summed E-state index contributed by atoms with van der Waals surface area (Å²) < 4.78 is 16.5. The van der Waals surface area contributed by atoms with Gasteiger partial charge in [-0.2, -0.15) is 0 Å². The van der Waals surface area contributed by atoms with Crippen molar-refractivity contribution in [3.8, 4) is 0 Å². The van der Waals surface area contributed by atoms with Crippen LogP contribution in [-0.4, -0.2) is 16.5 Å². The maximum Gasteiger partial charge on any atom is 0.118 e. The van der Waals surface area contributed by atoms with Gasteiger partial charge in [0.1, 0.15) is 11.5 Å². The zero-order valence-electron chi connectivity index (χ0n) is 8.29. The molecule has 0 aliphatic heterocycles. The van der Waals surface area contributed by atoms with Crippen LogP contribution in [0.1, 0.15) is 24.4 Å². The molecule has 1 fully saturated rings. The Balaban J connectivity index is 1.84. The summed E-state index contributed by atoms with van der Waals surface area (Å²) in [6, 6.07) is 4.56. The van der Waals surface area contributed by atoms with Gasteiger partial charge in [0.2, 0.25) is 0 Å². The van der Waals surface area contributed by atoms with Gasteiger partial charge in [-0.05, 0) is 25.0 Å². The minimum atomic E-state index is -0.818. The van der Waals surface area contributed by atoms with Gasteiger partial charge in [-0.1, -0.05) is 0 Å². The second-order valence-corrected chi connectivity index (χ2v) is 5.18. The minimum Gasteiger partial charge on any atom is -0.464 e. The van der Waals surface area contributed by atoms with E-state index < -0.39 is 10.8 Å². The van der Waals surface area contributed by atoms with Crippen LogP contribution in [0.25, 0.3) is 0 Å². The molecule has 0 saturated heterocycles. The molecule has 0 bridgehead atoms. The maximum atomic E-state index is 10.9. The molecule has 0 spiro atoms. The molecule has 0 aromatic carbocycles. The van der Waals surface area contributed by atoms with Crippen molar-refractivity contribution in [1.29, 1.82) is 0 Å². The average Bonchev–Trinajstić information content (AvgIpc) is 2.84. The summed E-state index contributed by atoms with van der Waals surface area (Å²) in [4.78, 5) is 0. The highest BCUT2D eigenvalue weighted by atomic mass is 32.2. The molecule has 2 rings (SSSR count). The van der Waals surface area contributed by atoms with Crippen LogP contribution in [-0.2, 0) is 23.1 Å². The first-order chi connectivity index (χ1) is 6.74. The Morgan fingerprint density at radius 2 is 2.21 bits per heavy atom. The second kappa shape index (κ2) is 4.28. The van der Waals surface area contributed by atoms with E-state index in [1.807, 2.05) is 12.1 Å². The number of hydrogen-bond donors (Lipinski definition) is 1. The standard InChI is InChI=1S/C10H15NO2S/c1-14(12)7-10-5-4-9(13-10)6-11-8-2-3-8/h4-5,8,11H,2-3,6-7H2,1H3. The minimum absolute atomic E-state index is 0.517. The summed E-state index contributed by atoms with van der Waals surface area (Å²) in [7, 11) is -0.818. The zero-order chi connectivity index (χ0) is 9.97. The van der Waals surface area contributed by atoms with Gasteiger partial charge in [0, 0.05) is 23.1 Å². The van der Waals surface area contributed by atoms with Gasteiger partial charge in [0.25, 0.3) is 0 Å². The summed E-state index contributed by atoms with van der Waals surface area (Å²) in [6.45, 7) is 0.793. The molecule has 1 saturated carbocycles. The number of rotatable bonds is 5. The van der Waals surface area contributed by atoms with Crippen molar-refractivity contribution in [2.45, 2.75) is 31.2 Å². The van der Waals surface area contributed by atoms with Gasteiger partial charge in [0.05, 0.1) is 12.3 Å². The smallest absolute Gasteiger partial charge is 0.118 e. The van der Waals surface area contributed by atoms with E-state index in [-0.39, 0.29) is 0 Å². The van der Waals surface area contributed by atoms with Crippen molar-refractivity contribution in [3.63, 3.8) is 0 Å². The molecule has 14 heavy (non-hydrogen) atoms. The van der Waals surface area contributed by atoms with Crippen molar-refractivity contribution in [3.05, 3.63) is 23.7 Å². The maximum absolute atomic E-state index is 10.9. The van der Waals surface area contributed by atoms with Gasteiger partial charge in [-0.15, -0.1) is 0 Å². The molecule has 0 radical (unpaired) electrons. The zero-order valence-corrected chi connectivity index (χ0v) is 9.10. The highest BCUT2D eigenvalue weighted by Crippen LogP contribution is 2.19. The van der Waals surface area contributed by atoms with Crippen LogP contribution < -0.4 is 5.32 Å². The third-order valence-corrected chi connectivity index (χ3v) is 2.90. The van der Waals surface area contributed by atoms with Crippen LogP contribution in [0.15, 0.2) is 16.5 Å². The lowest BCUT2D eigenvalue weighted by Crippen LogP contribution is -2.14. The largest absolute Gasteiger partial charge is 0.464 e. The third-order valence-electron chi connectivity index (χ3n) is 2.21. The molecular weight excluding hydrogens is 198 g/mol. The van der Waals surface area contributed by atoms with Crippen LogP contribution in [0.5, 0.6) is 0 Å². The van der Waals surface area contributed by atoms with E-state index >= 15 is 0 Å². The van der Waals surface area contributed by atoms with Gasteiger partial charge in [-0.25, -0.2) is 0 Å². The van der Waals surface area contributed by atoms with Crippen molar-refractivity contribution >= 4 is 10.8 Å². The normalized spacial score (nSPS) is 18.4. The number of hydrogen-bond acceptors (Lipinski definition) is 3. The first-order valence-electron chi connectivity index (χ1n) is 4.85. The summed E-state index contributed by atoms with van der Waals surface area (Å²) in [5, 5.41) is 3.37. The van der Waals surface area contributed by atoms with E-state index in [4.69, 9.17) is 4.42 Å². The molecular formula is C10H15NO2S. The molecule has 1 aliphatic carbocycles. The van der Waals surface area contributed by atoms with E-state index in [2.05, 4.69) is 5.32 Å². The summed E-state index contributed by atoms with van der Waals surface area (Å²) >= 11 is 0. The first kappa shape index (κ1) is 9.93. The lowest BCUT2D eigenvalue weighted by Gasteiger charge is -1.98. The Kier molecular flexibility index (Phi) is 3.03. The molecule has 3 nitrogen and oxygen atoms in total. The van der Waals surface area contributed by atoms with Gasteiger partial charge in [-0.3, -0.25) is 4.21 Å². The topological polar surface area (TPSA) is 42.2 Å². The number of nitrogens with one attached hydrogen (secondary N) is 1. The van der Waals surface area contributed by atoms with Crippen LogP contribution >= 0.6 is 0 Å². The Morgan fingerprint density at radius 3 is 2.86 bits per heavy atom. The van der Waals surface area contributed by atoms with Crippen molar-refractivity contribution < 1.29 is 8.63 Å². The summed E-state index contributed by atoms with van der Waals surface area (Å²) in [5.74, 6) is 2.28. The molecule has 1 heterocycles. The Bertz CT molecular complexity index is 331. The monoisotopic (exact) mass is 213 g/mol. The van der Waals surface area contributed by atoms with Crippen molar-refractivity contribution in [2.75, 3.05) is 6.26 Å². The van der Waals surface area contributed by atoms with E-state index in [0.717, 1.165) is 18.1 Å². The molecule has 1 atom stereocenters. The van der Waals surface area contributed by atoms with Crippen LogP contribution in [0.2, 0.25) is 0 Å². The SMILES string of the molecule is CS(=O)Cc1ccc(CNC2CC2)o1. The van der Waals surface area contributed by atoms with Gasteiger partial charge in [0.15, 0.2) is 0 Å². The quantitative estimate of drug-likeness (QED) is 0.804. The van der Waals surface area contributed by atoms with Gasteiger partial charge < -0.3 is 9.73 Å². The van der Waals surface area contributed by atoms with Crippen LogP contribution in [0, 0.1) is 0 Å². The highest BCUT2D eigenvalue weighted by molar-refractivity contribution is 7.83. The van der Waals surface area contributed by atoms with Crippen molar-refractivity contribution in [1.82, 2.24) is 5.32 Å². The molecule has 1 aromatic rings. The summed E-state index contributed by atoms with van der Waals surface area (Å²) in [6.07, 6.45) is 4.25.